The highest BCUT2D eigenvalue weighted by Crippen LogP contribution is 2.19. The normalized spacial score (nSPS) is 11.0. The fourth-order valence-corrected chi connectivity index (χ4v) is 2.61. The van der Waals surface area contributed by atoms with Crippen LogP contribution in [0.1, 0.15) is 11.6 Å². The molecule has 4 aromatic rings. The number of nitrogens with one attached hydrogen (secondary N) is 1. The first-order valence-electron chi connectivity index (χ1n) is 7.78. The van der Waals surface area contributed by atoms with E-state index in [4.69, 9.17) is 16.1 Å². The van der Waals surface area contributed by atoms with Gasteiger partial charge >= 0.3 is 0 Å². The lowest BCUT2D eigenvalue weighted by atomic mass is 10.2. The lowest BCUT2D eigenvalue weighted by Crippen LogP contribution is -2.16. The molecule has 0 aliphatic rings. The summed E-state index contributed by atoms with van der Waals surface area (Å²) in [7, 11) is 0. The molecule has 130 valence electrons. The molecule has 3 aromatic heterocycles. The van der Waals surface area contributed by atoms with Gasteiger partial charge in [0, 0.05) is 16.9 Å². The molecule has 1 N–H and O–H groups in total. The zero-order valence-corrected chi connectivity index (χ0v) is 14.4. The summed E-state index contributed by atoms with van der Waals surface area (Å²) < 4.78 is 6.91. The number of hydrogen-bond acceptors (Lipinski definition) is 6. The summed E-state index contributed by atoms with van der Waals surface area (Å²) in [5.41, 5.74) is 2.01. The number of pyridine rings is 1. The van der Waals surface area contributed by atoms with Crippen molar-refractivity contribution in [1.82, 2.24) is 24.7 Å². The van der Waals surface area contributed by atoms with Gasteiger partial charge in [0.05, 0.1) is 12.0 Å². The number of carbonyl (C=O) groups is 1. The predicted octanol–water partition coefficient (Wildman–Crippen LogP) is 2.92. The van der Waals surface area contributed by atoms with Crippen molar-refractivity contribution in [3.63, 3.8) is 0 Å². The number of carbonyl (C=O) groups excluding carboxylic acids is 1. The second-order valence-corrected chi connectivity index (χ2v) is 6.08. The van der Waals surface area contributed by atoms with Crippen molar-refractivity contribution in [3.05, 3.63) is 59.3 Å². The molecule has 0 spiro atoms. The molecule has 0 radical (unpaired) electrons. The maximum absolute atomic E-state index is 12.3. The predicted molar refractivity (Wildman–Crippen MR) is 94.8 cm³/mol. The first kappa shape index (κ1) is 16.2. The second-order valence-electron chi connectivity index (χ2n) is 5.64. The van der Waals surface area contributed by atoms with Crippen LogP contribution in [0.25, 0.3) is 17.1 Å². The number of aryl methyl sites for hydroxylation is 1. The fourth-order valence-electron chi connectivity index (χ4n) is 2.48. The van der Waals surface area contributed by atoms with Gasteiger partial charge in [0.15, 0.2) is 11.5 Å². The Kier molecular flexibility index (Phi) is 4.10. The summed E-state index contributed by atoms with van der Waals surface area (Å²) in [6, 6.07) is 10.5. The molecule has 1 amide bonds. The molecular weight excluding hydrogens is 356 g/mol. The molecule has 0 saturated carbocycles. The SMILES string of the molecule is Cc1noc(-c2ccc3nnc(CC(=O)Nc4ccc(Cl)cc4)n3c2)n1. The molecule has 26 heavy (non-hydrogen) atoms. The monoisotopic (exact) mass is 368 g/mol. The van der Waals surface area contributed by atoms with Crippen LogP contribution in [0.5, 0.6) is 0 Å². The van der Waals surface area contributed by atoms with Crippen LogP contribution in [0, 0.1) is 6.92 Å². The standard InChI is InChI=1S/C17H13ClN6O2/c1-10-19-17(26-23-10)11-2-7-14-21-22-15(24(14)9-11)8-16(25)20-13-5-3-12(18)4-6-13/h2-7,9H,8H2,1H3,(H,20,25). The van der Waals surface area contributed by atoms with E-state index in [-0.39, 0.29) is 12.3 Å². The summed E-state index contributed by atoms with van der Waals surface area (Å²) in [5.74, 6) is 1.24. The molecule has 0 saturated heterocycles. The summed E-state index contributed by atoms with van der Waals surface area (Å²) in [5, 5.41) is 15.4. The van der Waals surface area contributed by atoms with Crippen LogP contribution in [-0.4, -0.2) is 30.6 Å². The van der Waals surface area contributed by atoms with Gasteiger partial charge in [0.2, 0.25) is 5.91 Å². The van der Waals surface area contributed by atoms with E-state index in [2.05, 4.69) is 25.7 Å². The molecule has 0 atom stereocenters. The fraction of sp³-hybridized carbons (Fsp3) is 0.118. The van der Waals surface area contributed by atoms with Crippen molar-refractivity contribution >= 4 is 28.8 Å². The number of aromatic nitrogens is 5. The van der Waals surface area contributed by atoms with Crippen LogP contribution >= 0.6 is 11.6 Å². The van der Waals surface area contributed by atoms with E-state index in [0.717, 1.165) is 5.56 Å². The highest BCUT2D eigenvalue weighted by molar-refractivity contribution is 6.30. The van der Waals surface area contributed by atoms with Crippen molar-refractivity contribution in [1.29, 1.82) is 0 Å². The van der Waals surface area contributed by atoms with E-state index in [1.807, 2.05) is 6.07 Å². The van der Waals surface area contributed by atoms with E-state index >= 15 is 0 Å². The van der Waals surface area contributed by atoms with E-state index < -0.39 is 0 Å². The van der Waals surface area contributed by atoms with Gasteiger partial charge in [0.1, 0.15) is 5.82 Å². The smallest absolute Gasteiger partial charge is 0.259 e. The Morgan fingerprint density at radius 1 is 1.19 bits per heavy atom. The van der Waals surface area contributed by atoms with Gasteiger partial charge < -0.3 is 9.84 Å². The van der Waals surface area contributed by atoms with Crippen molar-refractivity contribution in [2.24, 2.45) is 0 Å². The highest BCUT2D eigenvalue weighted by atomic mass is 35.5. The molecule has 0 bridgehead atoms. The first-order chi connectivity index (χ1) is 12.6. The Hall–Kier alpha value is -3.26. The number of hydrogen-bond donors (Lipinski definition) is 1. The Labute approximate surface area is 152 Å². The largest absolute Gasteiger partial charge is 0.334 e. The van der Waals surface area contributed by atoms with Gasteiger partial charge in [-0.25, -0.2) is 0 Å². The quantitative estimate of drug-likeness (QED) is 0.594. The number of halogens is 1. The molecule has 0 aliphatic carbocycles. The van der Waals surface area contributed by atoms with E-state index in [1.165, 1.54) is 0 Å². The minimum Gasteiger partial charge on any atom is -0.334 e. The summed E-state index contributed by atoms with van der Waals surface area (Å²) in [6.07, 6.45) is 1.84. The minimum absolute atomic E-state index is 0.0656. The first-order valence-corrected chi connectivity index (χ1v) is 8.16. The topological polar surface area (TPSA) is 98.2 Å². The van der Waals surface area contributed by atoms with E-state index in [1.54, 1.807) is 47.9 Å². The number of amides is 1. The number of anilines is 1. The van der Waals surface area contributed by atoms with Gasteiger partial charge in [0.25, 0.3) is 5.89 Å². The zero-order valence-electron chi connectivity index (χ0n) is 13.7. The van der Waals surface area contributed by atoms with Gasteiger partial charge in [-0.2, -0.15) is 4.98 Å². The Morgan fingerprint density at radius 3 is 2.73 bits per heavy atom. The summed E-state index contributed by atoms with van der Waals surface area (Å²) in [6.45, 7) is 1.75. The second kappa shape index (κ2) is 6.57. The van der Waals surface area contributed by atoms with Gasteiger partial charge in [-0.3, -0.25) is 9.20 Å². The summed E-state index contributed by atoms with van der Waals surface area (Å²) in [4.78, 5) is 16.5. The van der Waals surface area contributed by atoms with Gasteiger partial charge in [-0.05, 0) is 43.3 Å². The molecule has 8 nitrogen and oxygen atoms in total. The molecule has 0 fully saturated rings. The average molecular weight is 369 g/mol. The van der Waals surface area contributed by atoms with Gasteiger partial charge in [-0.15, -0.1) is 10.2 Å². The number of rotatable bonds is 4. The lowest BCUT2D eigenvalue weighted by molar-refractivity contribution is -0.115. The van der Waals surface area contributed by atoms with Crippen molar-refractivity contribution in [2.45, 2.75) is 13.3 Å². The Bertz CT molecular complexity index is 1090. The molecule has 9 heteroatoms. The Morgan fingerprint density at radius 2 is 2.00 bits per heavy atom. The number of benzene rings is 1. The van der Waals surface area contributed by atoms with E-state index in [0.29, 0.717) is 33.9 Å². The van der Waals surface area contributed by atoms with Crippen LogP contribution in [0.15, 0.2) is 47.1 Å². The third kappa shape index (κ3) is 3.27. The zero-order chi connectivity index (χ0) is 18.1. The van der Waals surface area contributed by atoms with Crippen LogP contribution in [0.2, 0.25) is 5.02 Å². The maximum atomic E-state index is 12.3. The van der Waals surface area contributed by atoms with Crippen molar-refractivity contribution < 1.29 is 9.32 Å². The van der Waals surface area contributed by atoms with Crippen LogP contribution in [0.4, 0.5) is 5.69 Å². The summed E-state index contributed by atoms with van der Waals surface area (Å²) >= 11 is 5.84. The Balaban J connectivity index is 1.58. The molecule has 1 aromatic carbocycles. The van der Waals surface area contributed by atoms with Crippen LogP contribution in [-0.2, 0) is 11.2 Å². The maximum Gasteiger partial charge on any atom is 0.259 e. The third-order valence-electron chi connectivity index (χ3n) is 3.69. The molecule has 4 rings (SSSR count). The number of nitrogens with zero attached hydrogens (tertiary/aromatic N) is 5. The highest BCUT2D eigenvalue weighted by Gasteiger charge is 2.13. The average Bonchev–Trinajstić information content (AvgIpc) is 3.23. The molecular formula is C17H13ClN6O2. The van der Waals surface area contributed by atoms with Crippen molar-refractivity contribution in [2.75, 3.05) is 5.32 Å². The third-order valence-corrected chi connectivity index (χ3v) is 3.95. The number of fused-ring (bicyclic) bond motifs is 1. The van der Waals surface area contributed by atoms with Crippen molar-refractivity contribution in [3.8, 4) is 11.5 Å². The lowest BCUT2D eigenvalue weighted by Gasteiger charge is -2.05. The minimum atomic E-state index is -0.208. The molecule has 3 heterocycles. The van der Waals surface area contributed by atoms with Crippen LogP contribution in [0.3, 0.4) is 0 Å². The van der Waals surface area contributed by atoms with Crippen LogP contribution < -0.4 is 5.32 Å². The van der Waals surface area contributed by atoms with Gasteiger partial charge in [-0.1, -0.05) is 16.8 Å². The molecule has 0 aliphatic heterocycles. The van der Waals surface area contributed by atoms with E-state index in [9.17, 15) is 4.79 Å². The molecule has 0 unspecified atom stereocenters.